The van der Waals surface area contributed by atoms with E-state index in [2.05, 4.69) is 17.2 Å². The minimum absolute atomic E-state index is 0.132. The van der Waals surface area contributed by atoms with Crippen molar-refractivity contribution in [1.29, 1.82) is 5.41 Å². The normalized spacial score (nSPS) is 12.5. The van der Waals surface area contributed by atoms with Crippen LogP contribution in [0, 0.1) is 17.3 Å². The number of aromatic carboxylic acids is 1. The highest BCUT2D eigenvalue weighted by atomic mass is 32.2. The van der Waals surface area contributed by atoms with E-state index >= 15 is 0 Å². The standard InChI is InChI=1S/C39H28N4O11S2/c40-29-15-13-26-33(27-14-16-30(41)37(56(51,52)53)35(27)54-34(26)36(29)55(48,49)50)25-12-11-23(19-28(25)39(46)47)38(45)42-18-17-32(44)43-20-24-7-2-1-5-21(24)9-10-22-6-3-4-8-31(22)43/h1-8,11-16,19,40H,17-18,20,41H2,(H,42,45)(H,46,47)(H,48,49,50)(H,51,52,53)/p-1. The predicted octanol–water partition coefficient (Wildman–Crippen LogP) is 4.18. The summed E-state index contributed by atoms with van der Waals surface area (Å²) in [6, 6.07) is 22.5. The third-order valence-electron chi connectivity index (χ3n) is 9.08. The van der Waals surface area contributed by atoms with E-state index < -0.39 is 69.9 Å². The molecular weight excluding hydrogens is 765 g/mol. The zero-order valence-corrected chi connectivity index (χ0v) is 30.3. The summed E-state index contributed by atoms with van der Waals surface area (Å²) in [5.74, 6) is 2.88. The SMILES string of the molecule is N=c1ccc2c(-c3ccc(C(=O)NCCC(=O)N4Cc5ccccc5C#Cc5ccccc54)cc3C(=O)O)c3ccc(N)c(S(=O)(=O)[O-])c3oc-2c1S(=O)(=O)O. The summed E-state index contributed by atoms with van der Waals surface area (Å²) < 4.78 is 77.7. The van der Waals surface area contributed by atoms with Gasteiger partial charge in [0.1, 0.15) is 15.0 Å². The van der Waals surface area contributed by atoms with Crippen LogP contribution in [0.4, 0.5) is 11.4 Å². The smallest absolute Gasteiger partial charge is 0.336 e. The average molecular weight is 792 g/mol. The van der Waals surface area contributed by atoms with Gasteiger partial charge in [0, 0.05) is 46.2 Å². The predicted molar refractivity (Wildman–Crippen MR) is 200 cm³/mol. The van der Waals surface area contributed by atoms with Crippen molar-refractivity contribution >= 4 is 60.4 Å². The number of amides is 2. The van der Waals surface area contributed by atoms with Crippen molar-refractivity contribution in [3.05, 3.63) is 124 Å². The Balaban J connectivity index is 1.25. The molecule has 56 heavy (non-hydrogen) atoms. The highest BCUT2D eigenvalue weighted by Gasteiger charge is 2.31. The van der Waals surface area contributed by atoms with Crippen molar-refractivity contribution in [1.82, 2.24) is 5.32 Å². The summed E-state index contributed by atoms with van der Waals surface area (Å²) >= 11 is 0. The fourth-order valence-electron chi connectivity index (χ4n) is 6.60. The fourth-order valence-corrected chi connectivity index (χ4v) is 8.06. The second kappa shape index (κ2) is 14.1. The number of carbonyl (C=O) groups excluding carboxylic acids is 2. The van der Waals surface area contributed by atoms with Gasteiger partial charge >= 0.3 is 5.97 Å². The first-order valence-electron chi connectivity index (χ1n) is 16.5. The first-order valence-corrected chi connectivity index (χ1v) is 19.3. The number of para-hydroxylation sites is 1. The van der Waals surface area contributed by atoms with Gasteiger partial charge in [-0.25, -0.2) is 13.2 Å². The van der Waals surface area contributed by atoms with Crippen molar-refractivity contribution < 1.29 is 49.8 Å². The van der Waals surface area contributed by atoms with Gasteiger partial charge < -0.3 is 30.0 Å². The molecule has 4 aromatic carbocycles. The maximum atomic E-state index is 13.6. The molecule has 0 bridgehead atoms. The van der Waals surface area contributed by atoms with E-state index in [-0.39, 0.29) is 53.1 Å². The molecular formula is C39H27N4O11S2-. The van der Waals surface area contributed by atoms with Gasteiger partial charge in [-0.1, -0.05) is 48.2 Å². The number of nitrogens with zero attached hydrogens (tertiary/aromatic N) is 1. The van der Waals surface area contributed by atoms with Crippen LogP contribution < -0.4 is 21.3 Å². The van der Waals surface area contributed by atoms with Gasteiger partial charge in [0.05, 0.1) is 28.8 Å². The van der Waals surface area contributed by atoms with E-state index in [4.69, 9.17) is 15.6 Å². The number of carboxylic acid groups (broad SMARTS) is 1. The molecule has 6 N–H and O–H groups in total. The van der Waals surface area contributed by atoms with Crippen molar-refractivity contribution in [2.24, 2.45) is 0 Å². The topological polar surface area (TPSA) is 261 Å². The zero-order valence-electron chi connectivity index (χ0n) is 28.7. The molecule has 15 nitrogen and oxygen atoms in total. The molecule has 3 aliphatic rings. The number of hydrogen-bond donors (Lipinski definition) is 5. The molecule has 7 rings (SSSR count). The second-order valence-corrected chi connectivity index (χ2v) is 15.2. The van der Waals surface area contributed by atoms with Crippen LogP contribution >= 0.6 is 0 Å². The van der Waals surface area contributed by atoms with Crippen LogP contribution in [0.2, 0.25) is 0 Å². The molecule has 0 unspecified atom stereocenters. The lowest BCUT2D eigenvalue weighted by molar-refractivity contribution is -0.118. The van der Waals surface area contributed by atoms with E-state index in [1.807, 2.05) is 30.3 Å². The first-order chi connectivity index (χ1) is 26.5. The maximum absolute atomic E-state index is 13.6. The Morgan fingerprint density at radius 2 is 1.57 bits per heavy atom. The van der Waals surface area contributed by atoms with Crippen LogP contribution in [0.3, 0.4) is 0 Å². The molecule has 0 saturated heterocycles. The summed E-state index contributed by atoms with van der Waals surface area (Å²) in [7, 11) is -10.6. The number of nitrogens with one attached hydrogen (secondary N) is 2. The molecule has 2 heterocycles. The molecule has 0 spiro atoms. The van der Waals surface area contributed by atoms with Crippen molar-refractivity contribution in [3.63, 3.8) is 0 Å². The molecule has 0 fully saturated rings. The van der Waals surface area contributed by atoms with E-state index in [0.29, 0.717) is 11.3 Å². The van der Waals surface area contributed by atoms with Gasteiger partial charge in [-0.3, -0.25) is 19.6 Å². The third-order valence-corrected chi connectivity index (χ3v) is 10.9. The van der Waals surface area contributed by atoms with Crippen LogP contribution in [0.25, 0.3) is 33.4 Å². The van der Waals surface area contributed by atoms with Gasteiger partial charge in [0.25, 0.3) is 16.0 Å². The largest absolute Gasteiger partial charge is 0.744 e. The minimum Gasteiger partial charge on any atom is -0.744 e. The number of benzene rings is 5. The van der Waals surface area contributed by atoms with Crippen molar-refractivity contribution in [2.75, 3.05) is 17.2 Å². The van der Waals surface area contributed by atoms with Crippen LogP contribution in [0.15, 0.2) is 105 Å². The van der Waals surface area contributed by atoms with Crippen molar-refractivity contribution in [2.45, 2.75) is 22.8 Å². The van der Waals surface area contributed by atoms with E-state index in [0.717, 1.165) is 29.3 Å². The van der Waals surface area contributed by atoms with Crippen LogP contribution in [0.1, 0.15) is 43.8 Å². The maximum Gasteiger partial charge on any atom is 0.336 e. The summed E-state index contributed by atoms with van der Waals surface area (Å²) in [6.07, 6.45) is -0.132. The average Bonchev–Trinajstić information content (AvgIpc) is 3.13. The quantitative estimate of drug-likeness (QED) is 0.0629. The lowest BCUT2D eigenvalue weighted by Gasteiger charge is -2.26. The molecule has 0 radical (unpaired) electrons. The zero-order chi connectivity index (χ0) is 40.1. The van der Waals surface area contributed by atoms with Crippen LogP contribution in [0.5, 0.6) is 0 Å². The lowest BCUT2D eigenvalue weighted by atomic mass is 9.89. The fraction of sp³-hybridized carbons (Fsp3) is 0.0769. The lowest BCUT2D eigenvalue weighted by Crippen LogP contribution is -2.35. The molecule has 0 atom stereocenters. The molecule has 282 valence electrons. The van der Waals surface area contributed by atoms with Gasteiger partial charge in [0.2, 0.25) is 5.91 Å². The Morgan fingerprint density at radius 1 is 0.893 bits per heavy atom. The Labute approximate surface area is 318 Å². The van der Waals surface area contributed by atoms with Gasteiger partial charge in [-0.2, -0.15) is 8.42 Å². The molecule has 2 amide bonds. The summed E-state index contributed by atoms with van der Waals surface area (Å²) in [4.78, 5) is 39.2. The van der Waals surface area contributed by atoms with Gasteiger partial charge in [0.15, 0.2) is 16.2 Å². The number of fused-ring (bicyclic) bond motifs is 4. The monoisotopic (exact) mass is 791 g/mol. The third kappa shape index (κ3) is 6.85. The number of carbonyl (C=O) groups is 3. The number of nitrogen functional groups attached to an aromatic ring is 1. The van der Waals surface area contributed by atoms with E-state index in [1.54, 1.807) is 23.1 Å². The molecule has 17 heteroatoms. The van der Waals surface area contributed by atoms with Crippen LogP contribution in [-0.4, -0.2) is 55.4 Å². The summed E-state index contributed by atoms with van der Waals surface area (Å²) in [5.41, 5.74) is 6.13. The first kappa shape index (κ1) is 37.5. The number of carboxylic acids is 1. The highest BCUT2D eigenvalue weighted by molar-refractivity contribution is 7.86. The second-order valence-electron chi connectivity index (χ2n) is 12.6. The molecule has 1 aliphatic carbocycles. The number of anilines is 2. The number of nitrogens with two attached hydrogens (primary N) is 1. The Morgan fingerprint density at radius 3 is 2.29 bits per heavy atom. The molecule has 2 aliphatic heterocycles. The Kier molecular flexibility index (Phi) is 9.44. The summed E-state index contributed by atoms with van der Waals surface area (Å²) in [6.45, 7) is 0.100. The van der Waals surface area contributed by atoms with E-state index in [1.165, 1.54) is 24.3 Å². The minimum atomic E-state index is -5.41. The van der Waals surface area contributed by atoms with Gasteiger partial charge in [-0.05, 0) is 65.7 Å². The van der Waals surface area contributed by atoms with Crippen LogP contribution in [-0.2, 0) is 31.6 Å². The van der Waals surface area contributed by atoms with Gasteiger partial charge in [-0.15, -0.1) is 0 Å². The van der Waals surface area contributed by atoms with Crippen molar-refractivity contribution in [3.8, 4) is 34.3 Å². The van der Waals surface area contributed by atoms with E-state index in [9.17, 15) is 45.4 Å². The molecule has 0 saturated carbocycles. The highest BCUT2D eigenvalue weighted by Crippen LogP contribution is 2.45. The number of hydrogen-bond acceptors (Lipinski definition) is 11. The Bertz CT molecular complexity index is 3000. The Hall–Kier alpha value is -6.84. The number of rotatable bonds is 8. The summed E-state index contributed by atoms with van der Waals surface area (Å²) in [5, 5.41) is 20.2. The molecule has 4 aromatic rings. The molecule has 0 aromatic heterocycles.